The van der Waals surface area contributed by atoms with Crippen LogP contribution < -0.4 is 10.8 Å². The highest BCUT2D eigenvalue weighted by Crippen LogP contribution is 2.36. The van der Waals surface area contributed by atoms with Gasteiger partial charge < -0.3 is 10.1 Å². The SMILES string of the molecule is Bc1cc(C(C)OCC2(c3ccc(F)cc3)CCNCC2)c2[nH]ncc2c1. The fourth-order valence-corrected chi connectivity index (χ4v) is 4.16. The summed E-state index contributed by atoms with van der Waals surface area (Å²) in [6.07, 6.45) is 3.77. The van der Waals surface area contributed by atoms with Crippen molar-refractivity contribution < 1.29 is 9.13 Å². The van der Waals surface area contributed by atoms with Crippen LogP contribution in [0.15, 0.2) is 42.6 Å². The quantitative estimate of drug-likeness (QED) is 0.683. The van der Waals surface area contributed by atoms with Crippen molar-refractivity contribution in [1.82, 2.24) is 15.5 Å². The number of hydrogen-bond donors (Lipinski definition) is 2. The number of ether oxygens (including phenoxy) is 1. The second-order valence-corrected chi connectivity index (χ2v) is 7.68. The molecular formula is C21H25BFN3O. The summed E-state index contributed by atoms with van der Waals surface area (Å²) in [5, 5.41) is 11.8. The molecule has 0 saturated carbocycles. The summed E-state index contributed by atoms with van der Waals surface area (Å²) < 4.78 is 19.8. The first kappa shape index (κ1) is 18.2. The van der Waals surface area contributed by atoms with E-state index in [2.05, 4.69) is 42.4 Å². The summed E-state index contributed by atoms with van der Waals surface area (Å²) in [7, 11) is 2.09. The Balaban J connectivity index is 1.58. The number of halogens is 1. The molecule has 27 heavy (non-hydrogen) atoms. The van der Waals surface area contributed by atoms with E-state index in [0.717, 1.165) is 48.0 Å². The minimum absolute atomic E-state index is 0.0555. The second kappa shape index (κ2) is 7.45. The Morgan fingerprint density at radius 1 is 1.22 bits per heavy atom. The zero-order valence-electron chi connectivity index (χ0n) is 15.9. The van der Waals surface area contributed by atoms with Crippen LogP contribution in [-0.2, 0) is 10.2 Å². The lowest BCUT2D eigenvalue weighted by Crippen LogP contribution is -2.43. The van der Waals surface area contributed by atoms with E-state index < -0.39 is 0 Å². The highest BCUT2D eigenvalue weighted by molar-refractivity contribution is 6.33. The van der Waals surface area contributed by atoms with Gasteiger partial charge in [0, 0.05) is 16.4 Å². The molecule has 2 N–H and O–H groups in total. The molecule has 6 heteroatoms. The minimum Gasteiger partial charge on any atom is -0.373 e. The summed E-state index contributed by atoms with van der Waals surface area (Å²) in [4.78, 5) is 0. The predicted molar refractivity (Wildman–Crippen MR) is 109 cm³/mol. The summed E-state index contributed by atoms with van der Waals surface area (Å²) >= 11 is 0. The molecule has 1 saturated heterocycles. The first-order chi connectivity index (χ1) is 13.1. The minimum atomic E-state index is -0.196. The number of nitrogens with one attached hydrogen (secondary N) is 2. The average Bonchev–Trinajstić information content (AvgIpc) is 3.15. The molecule has 1 aromatic heterocycles. The number of aromatic amines is 1. The summed E-state index contributed by atoms with van der Waals surface area (Å²) in [5.41, 5.74) is 4.45. The number of H-pyrrole nitrogens is 1. The molecule has 0 amide bonds. The number of fused-ring (bicyclic) bond motifs is 1. The van der Waals surface area contributed by atoms with Crippen LogP contribution in [0.25, 0.3) is 10.9 Å². The van der Waals surface area contributed by atoms with Crippen LogP contribution in [0.2, 0.25) is 0 Å². The summed E-state index contributed by atoms with van der Waals surface area (Å²) in [6, 6.07) is 11.2. The van der Waals surface area contributed by atoms with Gasteiger partial charge in [-0.3, -0.25) is 5.10 Å². The van der Waals surface area contributed by atoms with E-state index >= 15 is 0 Å². The lowest BCUT2D eigenvalue weighted by molar-refractivity contribution is 0.0173. The van der Waals surface area contributed by atoms with E-state index in [-0.39, 0.29) is 17.3 Å². The molecule has 140 valence electrons. The molecule has 0 aliphatic carbocycles. The monoisotopic (exact) mass is 365 g/mol. The van der Waals surface area contributed by atoms with Crippen LogP contribution >= 0.6 is 0 Å². The van der Waals surface area contributed by atoms with Crippen molar-refractivity contribution in [3.8, 4) is 0 Å². The van der Waals surface area contributed by atoms with Gasteiger partial charge >= 0.3 is 0 Å². The van der Waals surface area contributed by atoms with E-state index in [1.54, 1.807) is 12.1 Å². The van der Waals surface area contributed by atoms with Gasteiger partial charge in [0.1, 0.15) is 13.7 Å². The van der Waals surface area contributed by atoms with Gasteiger partial charge in [0.25, 0.3) is 0 Å². The van der Waals surface area contributed by atoms with Crippen molar-refractivity contribution in [2.45, 2.75) is 31.3 Å². The molecule has 4 rings (SSSR count). The lowest BCUT2D eigenvalue weighted by Gasteiger charge is -2.38. The Morgan fingerprint density at radius 2 is 1.96 bits per heavy atom. The van der Waals surface area contributed by atoms with Crippen LogP contribution in [0.5, 0.6) is 0 Å². The number of piperidine rings is 1. The van der Waals surface area contributed by atoms with Gasteiger partial charge in [-0.15, -0.1) is 0 Å². The molecule has 1 atom stereocenters. The van der Waals surface area contributed by atoms with Gasteiger partial charge in [0.05, 0.1) is 24.4 Å². The molecule has 2 heterocycles. The van der Waals surface area contributed by atoms with Crippen molar-refractivity contribution in [2.75, 3.05) is 19.7 Å². The molecule has 0 spiro atoms. The van der Waals surface area contributed by atoms with E-state index in [4.69, 9.17) is 4.74 Å². The zero-order valence-corrected chi connectivity index (χ0v) is 15.9. The lowest BCUT2D eigenvalue weighted by atomic mass is 9.74. The molecule has 1 unspecified atom stereocenters. The fourth-order valence-electron chi connectivity index (χ4n) is 4.16. The van der Waals surface area contributed by atoms with Gasteiger partial charge in [-0.05, 0) is 50.6 Å². The molecule has 0 radical (unpaired) electrons. The maximum Gasteiger partial charge on any atom is 0.139 e. The Hall–Kier alpha value is -2.18. The Bertz CT molecular complexity index is 919. The number of aromatic nitrogens is 2. The molecule has 0 bridgehead atoms. The van der Waals surface area contributed by atoms with Gasteiger partial charge in [-0.2, -0.15) is 5.10 Å². The summed E-state index contributed by atoms with van der Waals surface area (Å²) in [5.74, 6) is -0.196. The van der Waals surface area contributed by atoms with Crippen molar-refractivity contribution in [1.29, 1.82) is 0 Å². The van der Waals surface area contributed by atoms with Gasteiger partial charge in [0.2, 0.25) is 0 Å². The molecule has 1 aliphatic rings. The third-order valence-corrected chi connectivity index (χ3v) is 5.79. The van der Waals surface area contributed by atoms with Gasteiger partial charge in [0.15, 0.2) is 0 Å². The number of rotatable bonds is 5. The van der Waals surface area contributed by atoms with Crippen LogP contribution in [0.4, 0.5) is 4.39 Å². The van der Waals surface area contributed by atoms with Crippen LogP contribution in [-0.4, -0.2) is 37.7 Å². The number of benzene rings is 2. The van der Waals surface area contributed by atoms with E-state index in [9.17, 15) is 4.39 Å². The predicted octanol–water partition coefficient (Wildman–Crippen LogP) is 2.36. The van der Waals surface area contributed by atoms with E-state index in [1.807, 2.05) is 18.3 Å². The van der Waals surface area contributed by atoms with Crippen LogP contribution in [0.3, 0.4) is 0 Å². The number of hydrogen-bond acceptors (Lipinski definition) is 3. The Morgan fingerprint density at radius 3 is 2.70 bits per heavy atom. The largest absolute Gasteiger partial charge is 0.373 e. The van der Waals surface area contributed by atoms with Crippen molar-refractivity contribution in [2.24, 2.45) is 0 Å². The Kier molecular flexibility index (Phi) is 5.02. The van der Waals surface area contributed by atoms with Crippen molar-refractivity contribution in [3.63, 3.8) is 0 Å². The van der Waals surface area contributed by atoms with Crippen LogP contribution in [0, 0.1) is 5.82 Å². The normalized spacial score (nSPS) is 17.9. The topological polar surface area (TPSA) is 49.9 Å². The van der Waals surface area contributed by atoms with Crippen molar-refractivity contribution >= 4 is 24.2 Å². The third kappa shape index (κ3) is 3.64. The average molecular weight is 365 g/mol. The van der Waals surface area contributed by atoms with E-state index in [0.29, 0.717) is 6.61 Å². The fraction of sp³-hybridized carbons (Fsp3) is 0.381. The maximum absolute atomic E-state index is 13.4. The smallest absolute Gasteiger partial charge is 0.139 e. The van der Waals surface area contributed by atoms with Crippen LogP contribution in [0.1, 0.15) is 37.0 Å². The molecular weight excluding hydrogens is 340 g/mol. The standard InChI is InChI=1S/C21H25BFN3O/c1-14(19-11-17(22)10-15-12-25-26-20(15)19)27-13-21(6-8-24-9-7-21)16-2-4-18(23)5-3-16/h2-5,10-12,14,24H,6-9,13,22H2,1H3,(H,25,26). The van der Waals surface area contributed by atoms with Gasteiger partial charge in [-0.1, -0.05) is 29.7 Å². The van der Waals surface area contributed by atoms with Crippen molar-refractivity contribution in [3.05, 3.63) is 59.5 Å². The summed E-state index contributed by atoms with van der Waals surface area (Å²) in [6.45, 7) is 4.61. The third-order valence-electron chi connectivity index (χ3n) is 5.79. The molecule has 4 nitrogen and oxygen atoms in total. The molecule has 1 aliphatic heterocycles. The molecule has 3 aromatic rings. The molecule has 2 aromatic carbocycles. The second-order valence-electron chi connectivity index (χ2n) is 7.68. The highest BCUT2D eigenvalue weighted by Gasteiger charge is 2.35. The van der Waals surface area contributed by atoms with E-state index in [1.165, 1.54) is 5.46 Å². The van der Waals surface area contributed by atoms with Gasteiger partial charge in [-0.25, -0.2) is 4.39 Å². The maximum atomic E-state index is 13.4. The highest BCUT2D eigenvalue weighted by atomic mass is 19.1. The Labute approximate surface area is 159 Å². The number of nitrogens with zero attached hydrogens (tertiary/aromatic N) is 1. The first-order valence-corrected chi connectivity index (χ1v) is 9.59. The zero-order chi connectivity index (χ0) is 18.9. The first-order valence-electron chi connectivity index (χ1n) is 9.59. The molecule has 1 fully saturated rings.